The van der Waals surface area contributed by atoms with Gasteiger partial charge in [0.15, 0.2) is 0 Å². The van der Waals surface area contributed by atoms with Crippen LogP contribution in [-0.2, 0) is 9.54 Å². The largest absolute Gasteiger partial charge is 0.324 e. The molecule has 2 heterocycles. The molecule has 0 fully saturated rings. The van der Waals surface area contributed by atoms with Gasteiger partial charge in [-0.05, 0) is 12.3 Å². The number of anilines is 1. The Morgan fingerprint density at radius 3 is 3.06 bits per heavy atom. The molecular weight excluding hydrogens is 240 g/mol. The second kappa shape index (κ2) is 3.53. The minimum absolute atomic E-state index is 0.0616. The molecule has 0 saturated heterocycles. The number of rotatable bonds is 0. The van der Waals surface area contributed by atoms with Crippen LogP contribution in [0.1, 0.15) is 5.56 Å². The Morgan fingerprint density at radius 2 is 2.31 bits per heavy atom. The van der Waals surface area contributed by atoms with Gasteiger partial charge in [-0.15, -0.1) is 11.8 Å². The predicted molar refractivity (Wildman–Crippen MR) is 70.2 cm³/mol. The van der Waals surface area contributed by atoms with Gasteiger partial charge in [-0.3, -0.25) is 9.79 Å². The van der Waals surface area contributed by atoms with Crippen molar-refractivity contribution in [3.8, 4) is 0 Å². The summed E-state index contributed by atoms with van der Waals surface area (Å²) in [7, 11) is 0. The quantitative estimate of drug-likeness (QED) is 0.768. The Bertz CT molecular complexity index is 501. The highest BCUT2D eigenvalue weighted by Crippen LogP contribution is 2.50. The molecule has 0 aliphatic carbocycles. The van der Waals surface area contributed by atoms with E-state index >= 15 is 0 Å². The van der Waals surface area contributed by atoms with E-state index in [1.165, 1.54) is 0 Å². The smallest absolute Gasteiger partial charge is 0.247 e. The van der Waals surface area contributed by atoms with Crippen LogP contribution in [-0.4, -0.2) is 23.1 Å². The Hall–Kier alpha value is -0.940. The first kappa shape index (κ1) is 10.2. The summed E-state index contributed by atoms with van der Waals surface area (Å²) in [5, 5.41) is 2.93. The number of hydrogen-bond acceptors (Lipinski definition) is 4. The molecular formula is C11H10N2OS2. The van der Waals surface area contributed by atoms with Gasteiger partial charge in [0.1, 0.15) is 9.12 Å². The molecule has 2 aliphatic heterocycles. The molecule has 1 unspecified atom stereocenters. The third-order valence-corrected chi connectivity index (χ3v) is 5.26. The number of nitrogens with one attached hydrogen (secondary N) is 1. The number of aliphatic imine (C=N–C) groups is 1. The molecule has 2 aliphatic rings. The van der Waals surface area contributed by atoms with Crippen LogP contribution in [0, 0.1) is 0 Å². The Balaban J connectivity index is 2.07. The molecule has 3 nitrogen and oxygen atoms in total. The van der Waals surface area contributed by atoms with Crippen LogP contribution in [0.15, 0.2) is 29.3 Å². The van der Waals surface area contributed by atoms with Gasteiger partial charge in [-0.1, -0.05) is 30.0 Å². The second-order valence-corrected chi connectivity index (χ2v) is 6.06. The average Bonchev–Trinajstić information content (AvgIpc) is 2.85. The van der Waals surface area contributed by atoms with Gasteiger partial charge in [-0.25, -0.2) is 0 Å². The predicted octanol–water partition coefficient (Wildman–Crippen LogP) is 2.30. The number of hydrogen-bond donors (Lipinski definition) is 1. The van der Waals surface area contributed by atoms with Crippen molar-refractivity contribution in [2.75, 3.05) is 18.1 Å². The molecule has 5 heteroatoms. The second-order valence-electron chi connectivity index (χ2n) is 3.72. The van der Waals surface area contributed by atoms with Crippen molar-refractivity contribution in [3.63, 3.8) is 0 Å². The third kappa shape index (κ3) is 1.25. The van der Waals surface area contributed by atoms with Crippen molar-refractivity contribution >= 4 is 39.5 Å². The maximum Gasteiger partial charge on any atom is 0.247 e. The fourth-order valence-electron chi connectivity index (χ4n) is 2.04. The number of benzene rings is 1. The van der Waals surface area contributed by atoms with E-state index in [2.05, 4.69) is 10.3 Å². The summed E-state index contributed by atoms with van der Waals surface area (Å²) in [5.74, 6) is 0.0616. The van der Waals surface area contributed by atoms with E-state index in [4.69, 9.17) is 0 Å². The molecule has 0 saturated carbocycles. The van der Waals surface area contributed by atoms with Gasteiger partial charge < -0.3 is 5.32 Å². The minimum atomic E-state index is -0.505. The third-order valence-electron chi connectivity index (χ3n) is 2.84. The standard InChI is InChI=1S/C11H10N2OS2/c1-15-10-12-6-11(16-10)7-4-2-3-5-8(7)13-9(11)14/h2-5H,6H2,1H3,(H,13,14). The lowest BCUT2D eigenvalue weighted by Gasteiger charge is -2.18. The van der Waals surface area contributed by atoms with E-state index in [9.17, 15) is 4.79 Å². The summed E-state index contributed by atoms with van der Waals surface area (Å²) in [6, 6.07) is 7.87. The van der Waals surface area contributed by atoms with E-state index in [1.807, 2.05) is 30.5 Å². The maximum atomic E-state index is 12.1. The number of thioether (sulfide) groups is 2. The molecule has 1 N–H and O–H groups in total. The summed E-state index contributed by atoms with van der Waals surface area (Å²) in [6.07, 6.45) is 1.99. The molecule has 0 radical (unpaired) electrons. The van der Waals surface area contributed by atoms with Crippen LogP contribution >= 0.6 is 23.5 Å². The van der Waals surface area contributed by atoms with Gasteiger partial charge in [0.25, 0.3) is 0 Å². The van der Waals surface area contributed by atoms with Crippen molar-refractivity contribution in [3.05, 3.63) is 29.8 Å². The molecule has 1 aromatic carbocycles. The lowest BCUT2D eigenvalue weighted by Crippen LogP contribution is -2.31. The van der Waals surface area contributed by atoms with E-state index in [0.717, 1.165) is 15.6 Å². The molecule has 0 aromatic heterocycles. The minimum Gasteiger partial charge on any atom is -0.324 e. The normalized spacial score (nSPS) is 26.8. The molecule has 3 rings (SSSR count). The van der Waals surface area contributed by atoms with Crippen LogP contribution < -0.4 is 5.32 Å². The van der Waals surface area contributed by atoms with Gasteiger partial charge in [0.2, 0.25) is 5.91 Å². The van der Waals surface area contributed by atoms with E-state index in [0.29, 0.717) is 6.54 Å². The summed E-state index contributed by atoms with van der Waals surface area (Å²) in [5.41, 5.74) is 2.00. The summed E-state index contributed by atoms with van der Waals surface area (Å²) < 4.78 is 0.487. The monoisotopic (exact) mass is 250 g/mol. The highest BCUT2D eigenvalue weighted by atomic mass is 32.2. The molecule has 1 aromatic rings. The zero-order valence-electron chi connectivity index (χ0n) is 8.69. The van der Waals surface area contributed by atoms with Crippen molar-refractivity contribution in [2.24, 2.45) is 4.99 Å². The zero-order chi connectivity index (χ0) is 11.2. The average molecular weight is 250 g/mol. The van der Waals surface area contributed by atoms with E-state index in [1.54, 1.807) is 23.5 Å². The number of nitrogens with zero attached hydrogens (tertiary/aromatic N) is 1. The Labute approximate surface area is 102 Å². The summed E-state index contributed by atoms with van der Waals surface area (Å²) in [6.45, 7) is 0.552. The molecule has 1 atom stereocenters. The highest BCUT2D eigenvalue weighted by Gasteiger charge is 2.50. The fraction of sp³-hybridized carbons (Fsp3) is 0.273. The first-order chi connectivity index (χ1) is 7.76. The Kier molecular flexibility index (Phi) is 2.26. The highest BCUT2D eigenvalue weighted by molar-refractivity contribution is 8.39. The Morgan fingerprint density at radius 1 is 1.50 bits per heavy atom. The summed E-state index contributed by atoms with van der Waals surface area (Å²) in [4.78, 5) is 16.5. The first-order valence-corrected chi connectivity index (χ1v) is 6.99. The van der Waals surface area contributed by atoms with Gasteiger partial charge in [0.05, 0.1) is 6.54 Å². The van der Waals surface area contributed by atoms with Crippen molar-refractivity contribution < 1.29 is 4.79 Å². The number of carbonyl (C=O) groups excluding carboxylic acids is 1. The molecule has 1 amide bonds. The topological polar surface area (TPSA) is 41.5 Å². The van der Waals surface area contributed by atoms with Crippen LogP contribution in [0.5, 0.6) is 0 Å². The van der Waals surface area contributed by atoms with Gasteiger partial charge in [-0.2, -0.15) is 0 Å². The van der Waals surface area contributed by atoms with Crippen LogP contribution in [0.3, 0.4) is 0 Å². The number of amides is 1. The number of carbonyl (C=O) groups is 1. The molecule has 1 spiro atoms. The fourth-order valence-corrected chi connectivity index (χ4v) is 3.99. The van der Waals surface area contributed by atoms with Crippen LogP contribution in [0.25, 0.3) is 0 Å². The molecule has 82 valence electrons. The lowest BCUT2D eigenvalue weighted by atomic mass is 10.00. The van der Waals surface area contributed by atoms with Crippen molar-refractivity contribution in [2.45, 2.75) is 4.75 Å². The van der Waals surface area contributed by atoms with E-state index in [-0.39, 0.29) is 5.91 Å². The zero-order valence-corrected chi connectivity index (χ0v) is 10.3. The van der Waals surface area contributed by atoms with E-state index < -0.39 is 4.75 Å². The number of fused-ring (bicyclic) bond motifs is 2. The molecule has 16 heavy (non-hydrogen) atoms. The van der Waals surface area contributed by atoms with Gasteiger partial charge >= 0.3 is 0 Å². The number of para-hydroxylation sites is 1. The van der Waals surface area contributed by atoms with Crippen LogP contribution in [0.2, 0.25) is 0 Å². The van der Waals surface area contributed by atoms with Gasteiger partial charge in [0, 0.05) is 11.3 Å². The molecule has 0 bridgehead atoms. The van der Waals surface area contributed by atoms with Crippen LogP contribution in [0.4, 0.5) is 5.69 Å². The van der Waals surface area contributed by atoms with Crippen molar-refractivity contribution in [1.82, 2.24) is 0 Å². The maximum absolute atomic E-state index is 12.1. The summed E-state index contributed by atoms with van der Waals surface area (Å²) >= 11 is 3.18. The van der Waals surface area contributed by atoms with Crippen molar-refractivity contribution in [1.29, 1.82) is 0 Å². The SMILES string of the molecule is CSC1=NCC2(S1)C(=O)Nc1ccccc12. The lowest BCUT2D eigenvalue weighted by molar-refractivity contribution is -0.117. The first-order valence-electron chi connectivity index (χ1n) is 4.95.